The Kier molecular flexibility index (Phi) is 8.59. The molecule has 3 rings (SSSR count). The van der Waals surface area contributed by atoms with Crippen LogP contribution in [0.3, 0.4) is 0 Å². The minimum absolute atomic E-state index is 0.123. The molecule has 5 nitrogen and oxygen atoms in total. The molecule has 1 aliphatic heterocycles. The first-order valence-electron chi connectivity index (χ1n) is 11.1. The van der Waals surface area contributed by atoms with Crippen LogP contribution < -0.4 is 0 Å². The van der Waals surface area contributed by atoms with Crippen molar-refractivity contribution < 1.29 is 28.6 Å². The summed E-state index contributed by atoms with van der Waals surface area (Å²) in [6.45, 7) is 1.95. The summed E-state index contributed by atoms with van der Waals surface area (Å²) in [7, 11) is 0. The summed E-state index contributed by atoms with van der Waals surface area (Å²) in [5, 5.41) is 19.4. The van der Waals surface area contributed by atoms with E-state index in [1.54, 1.807) is 6.07 Å². The highest BCUT2D eigenvalue weighted by molar-refractivity contribution is 7.13. The predicted octanol–water partition coefficient (Wildman–Crippen LogP) is 4.61. The van der Waals surface area contributed by atoms with E-state index in [1.807, 2.05) is 37.3 Å². The number of nitrogens with zero attached hydrogens (tertiary/aromatic N) is 1. The van der Waals surface area contributed by atoms with Gasteiger partial charge >= 0.3 is 11.9 Å². The number of rotatable bonds is 9. The number of thiophene rings is 1. The molecule has 8 heteroatoms. The number of hydrogen-bond acceptors (Lipinski definition) is 4. The van der Waals surface area contributed by atoms with Crippen molar-refractivity contribution in [2.75, 3.05) is 6.54 Å². The Morgan fingerprint density at radius 3 is 2.71 bits per heavy atom. The van der Waals surface area contributed by atoms with Gasteiger partial charge in [0, 0.05) is 29.8 Å². The minimum Gasteiger partial charge on any atom is -0.477 e. The third-order valence-corrected chi connectivity index (χ3v) is 6.81. The van der Waals surface area contributed by atoms with Gasteiger partial charge in [-0.25, -0.2) is 4.79 Å². The number of amides is 1. The number of aromatic carboxylic acids is 1. The molecule has 1 amide bonds. The summed E-state index contributed by atoms with van der Waals surface area (Å²) in [5.74, 6) is 0.191. The Morgan fingerprint density at radius 1 is 1.29 bits per heavy atom. The van der Waals surface area contributed by atoms with Gasteiger partial charge in [0.1, 0.15) is 4.88 Å². The largest absolute Gasteiger partial charge is 0.477 e. The molecule has 2 aromatic rings. The monoisotopic (exact) mass is 487 g/mol. The molecular weight excluding hydrogens is 460 g/mol. The molecule has 0 saturated carbocycles. The van der Waals surface area contributed by atoms with E-state index < -0.39 is 36.4 Å². The summed E-state index contributed by atoms with van der Waals surface area (Å²) >= 11 is 1.14. The SMILES string of the molecule is C[C@@H](CC#Cc1ccccc1)[C@H](O)/C=C/C1CC(F)(F)C(=O)N1CCCc1ccc(C(=O)O)s1. The molecular formula is C26H27F2NO4S. The van der Waals surface area contributed by atoms with Crippen LogP contribution in [0.2, 0.25) is 0 Å². The maximum Gasteiger partial charge on any atom is 0.345 e. The fourth-order valence-corrected chi connectivity index (χ4v) is 4.59. The molecule has 1 aromatic heterocycles. The smallest absolute Gasteiger partial charge is 0.345 e. The molecule has 0 bridgehead atoms. The fourth-order valence-electron chi connectivity index (χ4n) is 3.70. The van der Waals surface area contributed by atoms with Crippen LogP contribution in [0.4, 0.5) is 8.78 Å². The van der Waals surface area contributed by atoms with Gasteiger partial charge in [0.2, 0.25) is 0 Å². The summed E-state index contributed by atoms with van der Waals surface area (Å²) < 4.78 is 28.2. The lowest BCUT2D eigenvalue weighted by Gasteiger charge is -2.22. The summed E-state index contributed by atoms with van der Waals surface area (Å²) in [6.07, 6.45) is 2.81. The topological polar surface area (TPSA) is 77.8 Å². The molecule has 1 aliphatic rings. The van der Waals surface area contributed by atoms with E-state index in [0.29, 0.717) is 19.3 Å². The average molecular weight is 488 g/mol. The zero-order valence-electron chi connectivity index (χ0n) is 18.8. The van der Waals surface area contributed by atoms with E-state index >= 15 is 0 Å². The Hall–Kier alpha value is -3.02. The second-order valence-corrected chi connectivity index (χ2v) is 9.54. The number of likely N-dealkylation sites (tertiary alicyclic amines) is 1. The normalized spacial score (nSPS) is 19.1. The molecule has 34 heavy (non-hydrogen) atoms. The Bertz CT molecular complexity index is 1090. The van der Waals surface area contributed by atoms with Gasteiger partial charge in [0.15, 0.2) is 0 Å². The molecule has 3 atom stereocenters. The van der Waals surface area contributed by atoms with Gasteiger partial charge in [-0.05, 0) is 43.0 Å². The fraction of sp³-hybridized carbons (Fsp3) is 0.385. The maximum absolute atomic E-state index is 14.1. The van der Waals surface area contributed by atoms with Gasteiger partial charge in [-0.2, -0.15) is 8.78 Å². The van der Waals surface area contributed by atoms with Crippen LogP contribution in [0.15, 0.2) is 54.6 Å². The highest BCUT2D eigenvalue weighted by atomic mass is 32.1. The molecule has 0 radical (unpaired) electrons. The van der Waals surface area contributed by atoms with Crippen LogP contribution >= 0.6 is 11.3 Å². The standard InChI is InChI=1S/C26H27F2NO4S/c1-18(7-5-10-19-8-3-2-4-9-19)22(30)14-12-20-17-26(27,28)25(33)29(20)16-6-11-21-13-15-23(34-21)24(31)32/h2-4,8-9,12-15,18,20,22,30H,6-7,11,16-17H2,1H3,(H,31,32)/b14-12+/t18-,20?,22+/m0/s1. The van der Waals surface area contributed by atoms with Gasteiger partial charge in [-0.15, -0.1) is 11.3 Å². The van der Waals surface area contributed by atoms with Gasteiger partial charge in [-0.3, -0.25) is 4.79 Å². The second-order valence-electron chi connectivity index (χ2n) is 8.37. The quantitative estimate of drug-likeness (QED) is 0.400. The van der Waals surface area contributed by atoms with Gasteiger partial charge < -0.3 is 15.1 Å². The molecule has 0 spiro atoms. The summed E-state index contributed by atoms with van der Waals surface area (Å²) in [5.41, 5.74) is 0.879. The van der Waals surface area contributed by atoms with Gasteiger partial charge in [-0.1, -0.05) is 49.1 Å². The van der Waals surface area contributed by atoms with Crippen LogP contribution in [0, 0.1) is 17.8 Å². The van der Waals surface area contributed by atoms with Crippen molar-refractivity contribution in [3.05, 3.63) is 69.9 Å². The average Bonchev–Trinajstić information content (AvgIpc) is 3.36. The molecule has 2 heterocycles. The number of carboxylic acid groups (broad SMARTS) is 1. The number of benzene rings is 1. The number of alkyl halides is 2. The maximum atomic E-state index is 14.1. The minimum atomic E-state index is -3.44. The van der Waals surface area contributed by atoms with Crippen LogP contribution in [-0.2, 0) is 11.2 Å². The second kappa shape index (κ2) is 11.4. The first-order chi connectivity index (χ1) is 16.2. The lowest BCUT2D eigenvalue weighted by molar-refractivity contribution is -0.148. The van der Waals surface area contributed by atoms with Crippen molar-refractivity contribution in [3.8, 4) is 11.8 Å². The zero-order valence-corrected chi connectivity index (χ0v) is 19.6. The number of aliphatic hydroxyl groups is 1. The summed E-state index contributed by atoms with van der Waals surface area (Å²) in [6, 6.07) is 11.9. The number of carbonyl (C=O) groups excluding carboxylic acids is 1. The molecule has 2 N–H and O–H groups in total. The van der Waals surface area contributed by atoms with E-state index in [2.05, 4.69) is 11.8 Å². The van der Waals surface area contributed by atoms with Gasteiger partial charge in [0.05, 0.1) is 12.1 Å². The lowest BCUT2D eigenvalue weighted by atomic mass is 9.99. The number of carboxylic acids is 1. The lowest BCUT2D eigenvalue weighted by Crippen LogP contribution is -2.36. The van der Waals surface area contributed by atoms with Crippen molar-refractivity contribution in [2.45, 2.75) is 50.7 Å². The van der Waals surface area contributed by atoms with Crippen LogP contribution in [0.1, 0.15) is 46.3 Å². The molecule has 1 saturated heterocycles. The number of aryl methyl sites for hydroxylation is 1. The molecule has 1 fully saturated rings. The summed E-state index contributed by atoms with van der Waals surface area (Å²) in [4.78, 5) is 25.4. The van der Waals surface area contributed by atoms with E-state index in [9.17, 15) is 23.5 Å². The molecule has 1 unspecified atom stereocenters. The third-order valence-electron chi connectivity index (χ3n) is 5.68. The van der Waals surface area contributed by atoms with E-state index in [-0.39, 0.29) is 17.3 Å². The Balaban J connectivity index is 1.56. The van der Waals surface area contributed by atoms with Crippen LogP contribution in [-0.4, -0.2) is 51.6 Å². The van der Waals surface area contributed by atoms with E-state index in [1.165, 1.54) is 18.2 Å². The van der Waals surface area contributed by atoms with Crippen LogP contribution in [0.25, 0.3) is 0 Å². The Morgan fingerprint density at radius 2 is 2.03 bits per heavy atom. The number of aliphatic hydroxyl groups excluding tert-OH is 1. The zero-order chi connectivity index (χ0) is 24.7. The van der Waals surface area contributed by atoms with E-state index in [0.717, 1.165) is 26.7 Å². The number of hydrogen-bond donors (Lipinski definition) is 2. The van der Waals surface area contributed by atoms with Crippen molar-refractivity contribution in [2.24, 2.45) is 5.92 Å². The first kappa shape index (κ1) is 25.6. The van der Waals surface area contributed by atoms with E-state index in [4.69, 9.17) is 5.11 Å². The van der Waals surface area contributed by atoms with Crippen molar-refractivity contribution in [3.63, 3.8) is 0 Å². The highest BCUT2D eigenvalue weighted by Gasteiger charge is 2.52. The van der Waals surface area contributed by atoms with Crippen LogP contribution in [0.5, 0.6) is 0 Å². The third kappa shape index (κ3) is 6.75. The van der Waals surface area contributed by atoms with Crippen molar-refractivity contribution in [1.29, 1.82) is 0 Å². The number of halogens is 2. The van der Waals surface area contributed by atoms with Crippen molar-refractivity contribution in [1.82, 2.24) is 4.90 Å². The molecule has 1 aromatic carbocycles. The Labute approximate surface area is 201 Å². The predicted molar refractivity (Wildman–Crippen MR) is 127 cm³/mol. The molecule has 180 valence electrons. The first-order valence-corrected chi connectivity index (χ1v) is 11.9. The molecule has 0 aliphatic carbocycles. The number of carbonyl (C=O) groups is 2. The van der Waals surface area contributed by atoms with Gasteiger partial charge in [0.25, 0.3) is 5.91 Å². The highest BCUT2D eigenvalue weighted by Crippen LogP contribution is 2.34. The van der Waals surface area contributed by atoms with Crippen molar-refractivity contribution >= 4 is 23.2 Å².